The van der Waals surface area contributed by atoms with Crippen LogP contribution < -0.4 is 4.90 Å². The van der Waals surface area contributed by atoms with Crippen LogP contribution in [0.2, 0.25) is 0 Å². The molecule has 9 heteroatoms. The van der Waals surface area contributed by atoms with Crippen molar-refractivity contribution >= 4 is 11.7 Å². The molecule has 1 fully saturated rings. The Bertz CT molecular complexity index is 995. The van der Waals surface area contributed by atoms with E-state index in [0.717, 1.165) is 23.8 Å². The van der Waals surface area contributed by atoms with Crippen LogP contribution in [0.3, 0.4) is 0 Å². The topological polar surface area (TPSA) is 54.3 Å². The average molecular weight is 401 g/mol. The zero-order chi connectivity index (χ0) is 20.4. The van der Waals surface area contributed by atoms with Gasteiger partial charge in [0.05, 0.1) is 5.56 Å². The summed E-state index contributed by atoms with van der Waals surface area (Å²) in [5.74, 6) is 1.09. The van der Waals surface area contributed by atoms with Crippen LogP contribution in [-0.2, 0) is 6.18 Å². The van der Waals surface area contributed by atoms with E-state index in [1.165, 1.54) is 18.5 Å². The molecule has 0 radical (unpaired) electrons. The summed E-state index contributed by atoms with van der Waals surface area (Å²) in [7, 11) is 0. The fourth-order valence-electron chi connectivity index (χ4n) is 3.29. The first-order valence-corrected chi connectivity index (χ1v) is 9.09. The minimum atomic E-state index is -4.47. The number of aromatic nitrogens is 3. The highest BCUT2D eigenvalue weighted by atomic mass is 19.4. The molecule has 1 aliphatic rings. The van der Waals surface area contributed by atoms with Gasteiger partial charge in [-0.1, -0.05) is 6.07 Å². The summed E-state index contributed by atoms with van der Waals surface area (Å²) in [5.41, 5.74) is -0.772. The zero-order valence-corrected chi connectivity index (χ0v) is 15.4. The lowest BCUT2D eigenvalue weighted by Gasteiger charge is -2.35. The molecule has 0 N–H and O–H groups in total. The number of alkyl halides is 3. The molecular weight excluding hydrogens is 383 g/mol. The second kappa shape index (κ2) is 7.57. The van der Waals surface area contributed by atoms with Crippen LogP contribution in [-0.4, -0.2) is 51.5 Å². The molecule has 0 aliphatic carbocycles. The molecule has 1 aliphatic heterocycles. The summed E-state index contributed by atoms with van der Waals surface area (Å²) < 4.78 is 40.6. The molecule has 0 unspecified atom stereocenters. The van der Waals surface area contributed by atoms with E-state index in [1.807, 2.05) is 40.1 Å². The second-order valence-electron chi connectivity index (χ2n) is 6.68. The predicted molar refractivity (Wildman–Crippen MR) is 101 cm³/mol. The van der Waals surface area contributed by atoms with Crippen LogP contribution in [0, 0.1) is 0 Å². The lowest BCUT2D eigenvalue weighted by molar-refractivity contribution is -0.137. The highest BCUT2D eigenvalue weighted by Gasteiger charge is 2.31. The number of piperazine rings is 1. The number of halogens is 3. The maximum absolute atomic E-state index is 12.9. The third kappa shape index (κ3) is 4.08. The third-order valence-corrected chi connectivity index (χ3v) is 4.83. The molecule has 6 nitrogen and oxygen atoms in total. The van der Waals surface area contributed by atoms with E-state index >= 15 is 0 Å². The molecule has 0 spiro atoms. The molecule has 2 aromatic heterocycles. The third-order valence-electron chi connectivity index (χ3n) is 4.83. The normalized spacial score (nSPS) is 14.9. The van der Waals surface area contributed by atoms with Crippen LogP contribution in [0.15, 0.2) is 61.2 Å². The van der Waals surface area contributed by atoms with Crippen molar-refractivity contribution in [2.24, 2.45) is 0 Å². The molecule has 3 heterocycles. The van der Waals surface area contributed by atoms with Crippen molar-refractivity contribution in [3.8, 4) is 5.82 Å². The monoisotopic (exact) mass is 401 g/mol. The number of carbonyl (C=O) groups excluding carboxylic acids is 1. The minimum absolute atomic E-state index is 0.0465. The highest BCUT2D eigenvalue weighted by molar-refractivity contribution is 5.94. The Labute approximate surface area is 165 Å². The summed E-state index contributed by atoms with van der Waals surface area (Å²) in [5, 5.41) is 0. The van der Waals surface area contributed by atoms with E-state index in [0.29, 0.717) is 26.2 Å². The summed E-state index contributed by atoms with van der Waals surface area (Å²) in [4.78, 5) is 24.8. The summed E-state index contributed by atoms with van der Waals surface area (Å²) in [6.45, 7) is 1.87. The molecule has 29 heavy (non-hydrogen) atoms. The smallest absolute Gasteiger partial charge is 0.353 e. The van der Waals surface area contributed by atoms with Gasteiger partial charge in [0.2, 0.25) is 0 Å². The summed E-state index contributed by atoms with van der Waals surface area (Å²) in [6.07, 6.45) is 0.791. The summed E-state index contributed by atoms with van der Waals surface area (Å²) >= 11 is 0. The molecule has 1 saturated heterocycles. The maximum Gasteiger partial charge on any atom is 0.416 e. The molecule has 150 valence electrons. The number of hydrogen-bond donors (Lipinski definition) is 0. The van der Waals surface area contributed by atoms with Gasteiger partial charge in [-0.25, -0.2) is 9.97 Å². The van der Waals surface area contributed by atoms with Gasteiger partial charge in [0.25, 0.3) is 5.91 Å². The second-order valence-corrected chi connectivity index (χ2v) is 6.68. The van der Waals surface area contributed by atoms with E-state index in [1.54, 1.807) is 4.90 Å². The van der Waals surface area contributed by atoms with Crippen molar-refractivity contribution in [1.29, 1.82) is 0 Å². The summed E-state index contributed by atoms with van der Waals surface area (Å²) in [6, 6.07) is 10.2. The van der Waals surface area contributed by atoms with E-state index in [4.69, 9.17) is 0 Å². The number of benzene rings is 1. The van der Waals surface area contributed by atoms with Crippen molar-refractivity contribution in [2.75, 3.05) is 31.1 Å². The Kier molecular flexibility index (Phi) is 4.96. The molecule has 1 amide bonds. The predicted octanol–water partition coefficient (Wildman–Crippen LogP) is 3.25. The lowest BCUT2D eigenvalue weighted by atomic mass is 10.1. The van der Waals surface area contributed by atoms with Gasteiger partial charge in [-0.05, 0) is 30.3 Å². The van der Waals surface area contributed by atoms with Crippen molar-refractivity contribution in [1.82, 2.24) is 19.4 Å². The first kappa shape index (κ1) is 19.0. The number of amides is 1. The quantitative estimate of drug-likeness (QED) is 0.676. The van der Waals surface area contributed by atoms with E-state index < -0.39 is 17.6 Å². The fourth-order valence-corrected chi connectivity index (χ4v) is 3.29. The van der Waals surface area contributed by atoms with E-state index in [-0.39, 0.29) is 5.56 Å². The first-order chi connectivity index (χ1) is 13.9. The van der Waals surface area contributed by atoms with Gasteiger partial charge in [0.1, 0.15) is 18.0 Å². The van der Waals surface area contributed by atoms with Crippen LogP contribution in [0.5, 0.6) is 0 Å². The Morgan fingerprint density at radius 3 is 2.28 bits per heavy atom. The van der Waals surface area contributed by atoms with Crippen molar-refractivity contribution in [3.63, 3.8) is 0 Å². The van der Waals surface area contributed by atoms with Gasteiger partial charge in [0, 0.05) is 50.2 Å². The van der Waals surface area contributed by atoms with Gasteiger partial charge in [-0.3, -0.25) is 4.79 Å². The number of hydrogen-bond acceptors (Lipinski definition) is 4. The van der Waals surface area contributed by atoms with Crippen LogP contribution in [0.25, 0.3) is 5.82 Å². The molecule has 0 bridgehead atoms. The van der Waals surface area contributed by atoms with E-state index in [9.17, 15) is 18.0 Å². The average Bonchev–Trinajstić information content (AvgIpc) is 3.28. The zero-order valence-electron chi connectivity index (χ0n) is 15.4. The lowest BCUT2D eigenvalue weighted by Crippen LogP contribution is -2.49. The first-order valence-electron chi connectivity index (χ1n) is 9.09. The molecule has 0 saturated carbocycles. The number of anilines is 1. The Morgan fingerprint density at radius 1 is 0.897 bits per heavy atom. The standard InChI is InChI=1S/C20H18F3N5O/c21-20(22,23)16-5-3-4-15(12-16)19(29)28-10-8-27(9-11-28)18-13-17(24-14-25-18)26-6-1-2-7-26/h1-7,12-14H,8-11H2. The Morgan fingerprint density at radius 2 is 1.59 bits per heavy atom. The SMILES string of the molecule is O=C(c1cccc(C(F)(F)F)c1)N1CCN(c2cc(-n3cccc3)ncn2)CC1. The maximum atomic E-state index is 12.9. The van der Waals surface area contributed by atoms with Gasteiger partial charge in [0.15, 0.2) is 0 Å². The van der Waals surface area contributed by atoms with Crippen LogP contribution in [0.4, 0.5) is 19.0 Å². The van der Waals surface area contributed by atoms with Gasteiger partial charge in [-0.15, -0.1) is 0 Å². The van der Waals surface area contributed by atoms with Gasteiger partial charge in [-0.2, -0.15) is 13.2 Å². The molecule has 3 aromatic rings. The highest BCUT2D eigenvalue weighted by Crippen LogP contribution is 2.30. The number of rotatable bonds is 3. The van der Waals surface area contributed by atoms with Crippen molar-refractivity contribution in [2.45, 2.75) is 6.18 Å². The number of nitrogens with zero attached hydrogens (tertiary/aromatic N) is 5. The molecule has 1 aromatic carbocycles. The van der Waals surface area contributed by atoms with Crippen LogP contribution >= 0.6 is 0 Å². The Balaban J connectivity index is 1.44. The minimum Gasteiger partial charge on any atom is -0.353 e. The van der Waals surface area contributed by atoms with Gasteiger partial charge < -0.3 is 14.4 Å². The number of carbonyl (C=O) groups is 1. The van der Waals surface area contributed by atoms with Crippen molar-refractivity contribution < 1.29 is 18.0 Å². The van der Waals surface area contributed by atoms with E-state index in [2.05, 4.69) is 9.97 Å². The Hall–Kier alpha value is -3.36. The van der Waals surface area contributed by atoms with Gasteiger partial charge >= 0.3 is 6.18 Å². The largest absolute Gasteiger partial charge is 0.416 e. The van der Waals surface area contributed by atoms with Crippen LogP contribution in [0.1, 0.15) is 15.9 Å². The van der Waals surface area contributed by atoms with Crippen molar-refractivity contribution in [3.05, 3.63) is 72.3 Å². The fraction of sp³-hybridized carbons (Fsp3) is 0.250. The molecule has 4 rings (SSSR count). The molecular formula is C20H18F3N5O. The molecule has 0 atom stereocenters.